The summed E-state index contributed by atoms with van der Waals surface area (Å²) in [6, 6.07) is 3.74. The minimum atomic E-state index is -4.46. The van der Waals surface area contributed by atoms with Gasteiger partial charge in [0.25, 0.3) is 0 Å². The third-order valence-electron chi connectivity index (χ3n) is 2.08. The number of halogens is 3. The lowest BCUT2D eigenvalue weighted by molar-refractivity contribution is -0.149. The molecule has 0 radical (unpaired) electrons. The summed E-state index contributed by atoms with van der Waals surface area (Å²) >= 11 is 0. The van der Waals surface area contributed by atoms with Crippen molar-refractivity contribution in [2.45, 2.75) is 19.1 Å². The second-order valence-corrected chi connectivity index (χ2v) is 3.21. The normalized spacial score (nSPS) is 13.3. The average molecular weight is 214 g/mol. The molecule has 2 N–H and O–H groups in total. The molecule has 1 atom stereocenters. The number of hydrogen-bond donors (Lipinski definition) is 1. The lowest BCUT2D eigenvalue weighted by Gasteiger charge is -2.16. The van der Waals surface area contributed by atoms with E-state index in [0.29, 0.717) is 11.1 Å². The van der Waals surface area contributed by atoms with Gasteiger partial charge in [0.1, 0.15) is 6.04 Å². The fraction of sp³-hybridized carbons (Fsp3) is 0.300. The highest BCUT2D eigenvalue weighted by Gasteiger charge is 2.37. The fourth-order valence-corrected chi connectivity index (χ4v) is 1.19. The first-order valence-corrected chi connectivity index (χ1v) is 4.19. The number of rotatable bonds is 1. The van der Waals surface area contributed by atoms with Crippen molar-refractivity contribution < 1.29 is 13.2 Å². The highest BCUT2D eigenvalue weighted by molar-refractivity contribution is 5.40. The first kappa shape index (κ1) is 11.5. The molecule has 2 nitrogen and oxygen atoms in total. The molecule has 80 valence electrons. The van der Waals surface area contributed by atoms with Gasteiger partial charge in [-0.3, -0.25) is 0 Å². The van der Waals surface area contributed by atoms with Crippen molar-refractivity contribution in [3.63, 3.8) is 0 Å². The van der Waals surface area contributed by atoms with E-state index in [-0.39, 0.29) is 5.56 Å². The fourth-order valence-electron chi connectivity index (χ4n) is 1.19. The predicted octanol–water partition coefficient (Wildman–Crippen LogP) is 2.43. The molecule has 0 bridgehead atoms. The summed E-state index contributed by atoms with van der Waals surface area (Å²) in [5.41, 5.74) is 5.85. The number of nitrogens with zero attached hydrogens (tertiary/aromatic N) is 1. The topological polar surface area (TPSA) is 49.8 Å². The molecule has 0 heterocycles. The van der Waals surface area contributed by atoms with Crippen LogP contribution in [0.3, 0.4) is 0 Å². The van der Waals surface area contributed by atoms with E-state index < -0.39 is 12.2 Å². The zero-order chi connectivity index (χ0) is 11.6. The van der Waals surface area contributed by atoms with E-state index in [2.05, 4.69) is 0 Å². The quantitative estimate of drug-likeness (QED) is 0.780. The van der Waals surface area contributed by atoms with Crippen molar-refractivity contribution in [2.75, 3.05) is 0 Å². The summed E-state index contributed by atoms with van der Waals surface area (Å²) in [5.74, 6) is 0. The van der Waals surface area contributed by atoms with Gasteiger partial charge in [-0.1, -0.05) is 12.1 Å². The molecule has 0 fully saturated rings. The Bertz CT molecular complexity index is 404. The number of aryl methyl sites for hydroxylation is 1. The number of hydrogen-bond acceptors (Lipinski definition) is 2. The lowest BCUT2D eigenvalue weighted by Crippen LogP contribution is -2.28. The standard InChI is InChI=1S/C10H9F3N2/c1-6-4-7(2-3-8(6)5-14)9(15)10(11,12)13/h2-4,9H,15H2,1H3/t9-/m0/s1. The van der Waals surface area contributed by atoms with Crippen molar-refractivity contribution in [1.29, 1.82) is 5.26 Å². The van der Waals surface area contributed by atoms with Crippen LogP contribution < -0.4 is 5.73 Å². The maximum absolute atomic E-state index is 12.3. The molecule has 0 spiro atoms. The molecule has 0 aliphatic rings. The molecule has 0 unspecified atom stereocenters. The summed E-state index contributed by atoms with van der Waals surface area (Å²) in [7, 11) is 0. The van der Waals surface area contributed by atoms with Gasteiger partial charge in [-0.15, -0.1) is 0 Å². The Kier molecular flexibility index (Phi) is 3.01. The van der Waals surface area contributed by atoms with Crippen molar-refractivity contribution in [1.82, 2.24) is 0 Å². The Hall–Kier alpha value is -1.54. The Morgan fingerprint density at radius 3 is 2.40 bits per heavy atom. The van der Waals surface area contributed by atoms with Crippen LogP contribution in [0.1, 0.15) is 22.7 Å². The third-order valence-corrected chi connectivity index (χ3v) is 2.08. The molecule has 0 saturated carbocycles. The maximum atomic E-state index is 12.3. The second-order valence-electron chi connectivity index (χ2n) is 3.21. The largest absolute Gasteiger partial charge is 0.407 e. The van der Waals surface area contributed by atoms with Crippen molar-refractivity contribution in [3.05, 3.63) is 34.9 Å². The van der Waals surface area contributed by atoms with E-state index in [1.807, 2.05) is 6.07 Å². The van der Waals surface area contributed by atoms with Gasteiger partial charge in [0.15, 0.2) is 0 Å². The number of nitriles is 1. The van der Waals surface area contributed by atoms with Gasteiger partial charge in [-0.25, -0.2) is 0 Å². The van der Waals surface area contributed by atoms with Crippen molar-refractivity contribution in [3.8, 4) is 6.07 Å². The highest BCUT2D eigenvalue weighted by atomic mass is 19.4. The van der Waals surface area contributed by atoms with Gasteiger partial charge < -0.3 is 5.73 Å². The lowest BCUT2D eigenvalue weighted by atomic mass is 10.0. The Balaban J connectivity index is 3.09. The van der Waals surface area contributed by atoms with Gasteiger partial charge in [0.05, 0.1) is 11.6 Å². The van der Waals surface area contributed by atoms with Crippen LogP contribution >= 0.6 is 0 Å². The van der Waals surface area contributed by atoms with Crippen molar-refractivity contribution in [2.24, 2.45) is 5.73 Å². The molecule has 1 aromatic carbocycles. The maximum Gasteiger partial charge on any atom is 0.407 e. The van der Waals surface area contributed by atoms with Crippen LogP contribution in [0, 0.1) is 18.3 Å². The second kappa shape index (κ2) is 3.91. The van der Waals surface area contributed by atoms with Gasteiger partial charge >= 0.3 is 6.18 Å². The van der Waals surface area contributed by atoms with Crippen LogP contribution in [0.2, 0.25) is 0 Å². The van der Waals surface area contributed by atoms with Crippen LogP contribution in [0.25, 0.3) is 0 Å². The van der Waals surface area contributed by atoms with E-state index in [9.17, 15) is 13.2 Å². The summed E-state index contributed by atoms with van der Waals surface area (Å²) in [6.45, 7) is 1.57. The number of nitrogens with two attached hydrogens (primary N) is 1. The van der Waals surface area contributed by atoms with Crippen molar-refractivity contribution >= 4 is 0 Å². The molecule has 15 heavy (non-hydrogen) atoms. The third kappa shape index (κ3) is 2.48. The van der Waals surface area contributed by atoms with Crippen LogP contribution in [-0.4, -0.2) is 6.18 Å². The summed E-state index contributed by atoms with van der Waals surface area (Å²) in [4.78, 5) is 0. The molecule has 1 aromatic rings. The van der Waals surface area contributed by atoms with Crippen LogP contribution in [0.4, 0.5) is 13.2 Å². The average Bonchev–Trinajstić information content (AvgIpc) is 2.15. The van der Waals surface area contributed by atoms with E-state index >= 15 is 0 Å². The van der Waals surface area contributed by atoms with Gasteiger partial charge in [0.2, 0.25) is 0 Å². The number of alkyl halides is 3. The molecule has 0 amide bonds. The first-order chi connectivity index (χ1) is 6.86. The van der Waals surface area contributed by atoms with Gasteiger partial charge in [-0.2, -0.15) is 18.4 Å². The molecular weight excluding hydrogens is 205 g/mol. The number of benzene rings is 1. The van der Waals surface area contributed by atoms with E-state index in [0.717, 1.165) is 0 Å². The SMILES string of the molecule is Cc1cc([C@H](N)C(F)(F)F)ccc1C#N. The highest BCUT2D eigenvalue weighted by Crippen LogP contribution is 2.31. The molecular formula is C10H9F3N2. The molecule has 0 aromatic heterocycles. The Morgan fingerprint density at radius 1 is 1.40 bits per heavy atom. The first-order valence-electron chi connectivity index (χ1n) is 4.19. The van der Waals surface area contributed by atoms with Crippen LogP contribution in [-0.2, 0) is 0 Å². The molecule has 1 rings (SSSR count). The zero-order valence-electron chi connectivity index (χ0n) is 7.97. The van der Waals surface area contributed by atoms with Crippen LogP contribution in [0.15, 0.2) is 18.2 Å². The molecule has 5 heteroatoms. The Morgan fingerprint density at radius 2 is 2.00 bits per heavy atom. The van der Waals surface area contributed by atoms with Gasteiger partial charge in [-0.05, 0) is 24.1 Å². The van der Waals surface area contributed by atoms with Gasteiger partial charge in [0, 0.05) is 0 Å². The monoisotopic (exact) mass is 214 g/mol. The smallest absolute Gasteiger partial charge is 0.316 e. The summed E-state index contributed by atoms with van der Waals surface area (Å²) in [5, 5.41) is 8.60. The minimum Gasteiger partial charge on any atom is -0.316 e. The Labute approximate surface area is 85.1 Å². The summed E-state index contributed by atoms with van der Waals surface area (Å²) in [6.07, 6.45) is -4.46. The van der Waals surface area contributed by atoms with E-state index in [4.69, 9.17) is 11.0 Å². The van der Waals surface area contributed by atoms with Crippen LogP contribution in [0.5, 0.6) is 0 Å². The molecule has 0 aliphatic heterocycles. The molecule has 0 aliphatic carbocycles. The zero-order valence-corrected chi connectivity index (χ0v) is 7.97. The summed E-state index contributed by atoms with van der Waals surface area (Å²) < 4.78 is 36.8. The van der Waals surface area contributed by atoms with E-state index in [1.54, 1.807) is 6.92 Å². The minimum absolute atomic E-state index is 0.0287. The predicted molar refractivity (Wildman–Crippen MR) is 48.9 cm³/mol. The molecule has 0 saturated heterocycles. The van der Waals surface area contributed by atoms with E-state index in [1.165, 1.54) is 18.2 Å².